The molecule has 168 valence electrons. The Morgan fingerprint density at radius 3 is 2.34 bits per heavy atom. The quantitative estimate of drug-likeness (QED) is 0.391. The van der Waals surface area contributed by atoms with Crippen molar-refractivity contribution in [3.05, 3.63) is 63.6 Å². The van der Waals surface area contributed by atoms with E-state index in [4.69, 9.17) is 4.84 Å². The van der Waals surface area contributed by atoms with Gasteiger partial charge in [0, 0.05) is 22.0 Å². The molecule has 0 saturated heterocycles. The summed E-state index contributed by atoms with van der Waals surface area (Å²) in [7, 11) is 0. The van der Waals surface area contributed by atoms with Gasteiger partial charge in [0.05, 0.1) is 16.7 Å². The highest BCUT2D eigenvalue weighted by atomic mass is 79.9. The van der Waals surface area contributed by atoms with Gasteiger partial charge in [0.25, 0.3) is 0 Å². The molecule has 2 aromatic carbocycles. The molecule has 0 aliphatic heterocycles. The molecule has 0 spiro atoms. The molecule has 2 unspecified atom stereocenters. The first-order valence-electron chi connectivity index (χ1n) is 10.9. The Bertz CT molecular complexity index is 1120. The number of benzene rings is 2. The van der Waals surface area contributed by atoms with Gasteiger partial charge in [-0.05, 0) is 83.4 Å². The fourth-order valence-corrected chi connectivity index (χ4v) is 6.04. The lowest BCUT2D eigenvalue weighted by Gasteiger charge is -2.39. The van der Waals surface area contributed by atoms with Crippen molar-refractivity contribution in [3.8, 4) is 0 Å². The first kappa shape index (κ1) is 22.7. The Morgan fingerprint density at radius 2 is 1.69 bits per heavy atom. The number of nitrogens with zero attached hydrogens (tertiary/aromatic N) is 1. The minimum Gasteiger partial charge on any atom is -0.326 e. The van der Waals surface area contributed by atoms with E-state index in [1.54, 1.807) is 18.2 Å². The fraction of sp³-hybridized carbons (Fsp3) is 0.423. The standard InChI is InChI=1S/C26H29BrN2O3/c1-16-12-17(2)14-18(13-16)28-23(31)26-11-10-25(5,24(26,3)4)21(15-26)29-32-22(30)19-8-6-7-9-20(19)27/h6-9,12-14H,10-11,15H2,1-5H3,(H,28,31). The molecule has 1 N–H and O–H groups in total. The van der Waals surface area contributed by atoms with Crippen LogP contribution in [0.2, 0.25) is 0 Å². The molecule has 1 amide bonds. The number of hydrogen-bond donors (Lipinski definition) is 1. The van der Waals surface area contributed by atoms with E-state index >= 15 is 0 Å². The number of hydrogen-bond acceptors (Lipinski definition) is 4. The largest absolute Gasteiger partial charge is 0.366 e. The van der Waals surface area contributed by atoms with Crippen molar-refractivity contribution in [1.29, 1.82) is 0 Å². The van der Waals surface area contributed by atoms with Crippen LogP contribution in [0.5, 0.6) is 0 Å². The highest BCUT2D eigenvalue weighted by Crippen LogP contribution is 2.71. The van der Waals surface area contributed by atoms with Crippen LogP contribution in [0, 0.1) is 30.1 Å². The summed E-state index contributed by atoms with van der Waals surface area (Å²) in [5, 5.41) is 7.49. The number of anilines is 1. The fourth-order valence-electron chi connectivity index (χ4n) is 5.59. The van der Waals surface area contributed by atoms with E-state index < -0.39 is 11.4 Å². The molecule has 2 fully saturated rings. The molecule has 2 aliphatic rings. The third-order valence-electron chi connectivity index (χ3n) is 7.98. The molecule has 2 atom stereocenters. The highest BCUT2D eigenvalue weighted by molar-refractivity contribution is 9.10. The van der Waals surface area contributed by atoms with Crippen molar-refractivity contribution in [2.75, 3.05) is 5.32 Å². The Hall–Kier alpha value is -2.47. The van der Waals surface area contributed by atoms with E-state index in [1.807, 2.05) is 32.0 Å². The van der Waals surface area contributed by atoms with E-state index in [0.29, 0.717) is 16.5 Å². The zero-order chi connectivity index (χ0) is 23.3. The van der Waals surface area contributed by atoms with Crippen molar-refractivity contribution in [2.24, 2.45) is 21.4 Å². The zero-order valence-electron chi connectivity index (χ0n) is 19.2. The van der Waals surface area contributed by atoms with Crippen LogP contribution in [0.25, 0.3) is 0 Å². The van der Waals surface area contributed by atoms with Crippen LogP contribution >= 0.6 is 15.9 Å². The molecule has 5 nitrogen and oxygen atoms in total. The minimum atomic E-state index is -0.599. The SMILES string of the molecule is Cc1cc(C)cc(NC(=O)C23CCC(C)(C(=NOC(=O)c4ccccc4Br)C2)C3(C)C)c1. The maximum absolute atomic E-state index is 13.6. The average molecular weight is 497 g/mol. The second-order valence-corrected chi connectivity index (χ2v) is 10.8. The molecule has 2 aromatic rings. The Morgan fingerprint density at radius 1 is 1.03 bits per heavy atom. The number of fused-ring (bicyclic) bond motifs is 2. The van der Waals surface area contributed by atoms with Crippen LogP contribution in [0.3, 0.4) is 0 Å². The van der Waals surface area contributed by atoms with E-state index in [2.05, 4.69) is 53.2 Å². The van der Waals surface area contributed by atoms with Crippen LogP contribution in [0.1, 0.15) is 61.5 Å². The van der Waals surface area contributed by atoms with Crippen LogP contribution in [0.15, 0.2) is 52.1 Å². The number of halogens is 1. The van der Waals surface area contributed by atoms with E-state index in [9.17, 15) is 9.59 Å². The summed E-state index contributed by atoms with van der Waals surface area (Å²) < 4.78 is 0.661. The van der Waals surface area contributed by atoms with Gasteiger partial charge in [-0.15, -0.1) is 0 Å². The van der Waals surface area contributed by atoms with E-state index in [0.717, 1.165) is 35.4 Å². The topological polar surface area (TPSA) is 67.8 Å². The Balaban J connectivity index is 1.61. The third kappa shape index (κ3) is 3.40. The van der Waals surface area contributed by atoms with Gasteiger partial charge in [0.1, 0.15) is 0 Å². The molecule has 0 radical (unpaired) electrons. The summed E-state index contributed by atoms with van der Waals surface area (Å²) in [4.78, 5) is 31.6. The number of aryl methyl sites for hydroxylation is 2. The summed E-state index contributed by atoms with van der Waals surface area (Å²) in [5.41, 5.74) is 3.00. The van der Waals surface area contributed by atoms with Gasteiger partial charge in [-0.1, -0.05) is 44.1 Å². The Kier molecular flexibility index (Phi) is 5.56. The van der Waals surface area contributed by atoms with Crippen LogP contribution < -0.4 is 5.32 Å². The van der Waals surface area contributed by atoms with E-state index in [1.165, 1.54) is 0 Å². The van der Waals surface area contributed by atoms with Crippen molar-refractivity contribution in [1.82, 2.24) is 0 Å². The average Bonchev–Trinajstić information content (AvgIpc) is 3.02. The molecule has 2 saturated carbocycles. The third-order valence-corrected chi connectivity index (χ3v) is 8.67. The molecule has 6 heteroatoms. The normalized spacial score (nSPS) is 26.9. The first-order chi connectivity index (χ1) is 15.0. The summed E-state index contributed by atoms with van der Waals surface area (Å²) in [5.74, 6) is -0.499. The van der Waals surface area contributed by atoms with Gasteiger partial charge < -0.3 is 10.2 Å². The molecule has 0 aromatic heterocycles. The molecule has 4 rings (SSSR count). The van der Waals surface area contributed by atoms with Crippen molar-refractivity contribution in [3.63, 3.8) is 0 Å². The summed E-state index contributed by atoms with van der Waals surface area (Å²) in [6.07, 6.45) is 2.09. The van der Waals surface area contributed by atoms with Crippen molar-refractivity contribution >= 4 is 39.2 Å². The molecule has 32 heavy (non-hydrogen) atoms. The van der Waals surface area contributed by atoms with Gasteiger partial charge in [0.15, 0.2) is 0 Å². The molecular formula is C26H29BrN2O3. The van der Waals surface area contributed by atoms with Crippen LogP contribution in [-0.4, -0.2) is 17.6 Å². The molecule has 0 heterocycles. The maximum Gasteiger partial charge on any atom is 0.366 e. The maximum atomic E-state index is 13.6. The molecule has 2 aliphatic carbocycles. The van der Waals surface area contributed by atoms with Crippen molar-refractivity contribution < 1.29 is 14.4 Å². The smallest absolute Gasteiger partial charge is 0.326 e. The van der Waals surface area contributed by atoms with Crippen LogP contribution in [-0.2, 0) is 9.63 Å². The summed E-state index contributed by atoms with van der Waals surface area (Å²) in [6, 6.07) is 13.2. The van der Waals surface area contributed by atoms with Gasteiger partial charge in [-0.3, -0.25) is 4.79 Å². The van der Waals surface area contributed by atoms with Crippen LogP contribution in [0.4, 0.5) is 5.69 Å². The second kappa shape index (κ2) is 7.84. The number of carbonyl (C=O) groups excluding carboxylic acids is 2. The number of rotatable bonds is 4. The minimum absolute atomic E-state index is 0.0126. The molecular weight excluding hydrogens is 468 g/mol. The number of nitrogens with one attached hydrogen (secondary N) is 1. The lowest BCUT2D eigenvalue weighted by atomic mass is 9.64. The lowest BCUT2D eigenvalue weighted by molar-refractivity contribution is -0.130. The molecule has 2 bridgehead atoms. The first-order valence-corrected chi connectivity index (χ1v) is 11.7. The van der Waals surface area contributed by atoms with Gasteiger partial charge >= 0.3 is 5.97 Å². The highest BCUT2D eigenvalue weighted by Gasteiger charge is 2.71. The monoisotopic (exact) mass is 496 g/mol. The van der Waals surface area contributed by atoms with Gasteiger partial charge in [-0.2, -0.15) is 0 Å². The number of carbonyl (C=O) groups is 2. The Labute approximate surface area is 197 Å². The van der Waals surface area contributed by atoms with Gasteiger partial charge in [0.2, 0.25) is 5.91 Å². The zero-order valence-corrected chi connectivity index (χ0v) is 20.8. The number of oxime groups is 1. The lowest BCUT2D eigenvalue weighted by Crippen LogP contribution is -2.43. The number of amides is 1. The van der Waals surface area contributed by atoms with Crippen molar-refractivity contribution in [2.45, 2.75) is 53.9 Å². The second-order valence-electron chi connectivity index (χ2n) is 9.94. The predicted octanol–water partition coefficient (Wildman–Crippen LogP) is 6.43. The predicted molar refractivity (Wildman–Crippen MR) is 130 cm³/mol. The van der Waals surface area contributed by atoms with Gasteiger partial charge in [-0.25, -0.2) is 4.79 Å². The van der Waals surface area contributed by atoms with E-state index in [-0.39, 0.29) is 16.7 Å². The summed E-state index contributed by atoms with van der Waals surface area (Å²) in [6.45, 7) is 10.5. The summed E-state index contributed by atoms with van der Waals surface area (Å²) >= 11 is 3.38.